The Kier molecular flexibility index (Phi) is 6.35. The topological polar surface area (TPSA) is 133 Å². The average molecular weight is 413 g/mol. The Labute approximate surface area is 171 Å². The predicted octanol–water partition coefficient (Wildman–Crippen LogP) is 3.53. The minimum absolute atomic E-state index is 0.0287. The highest BCUT2D eigenvalue weighted by atomic mass is 16.6. The molecule has 3 rings (SSSR count). The second-order valence-electron chi connectivity index (χ2n) is 6.81. The van der Waals surface area contributed by atoms with Gasteiger partial charge in [0.05, 0.1) is 15.4 Å². The number of benzene rings is 2. The summed E-state index contributed by atoms with van der Waals surface area (Å²) in [5.74, 6) is -1.41. The number of nitrogens with zero attached hydrogens (tertiary/aromatic N) is 3. The molecule has 0 radical (unpaired) electrons. The number of nitro benzene ring substituents is 2. The zero-order valence-corrected chi connectivity index (χ0v) is 16.0. The van der Waals surface area contributed by atoms with Crippen LogP contribution in [0.4, 0.5) is 17.1 Å². The van der Waals surface area contributed by atoms with Gasteiger partial charge in [0.2, 0.25) is 0 Å². The van der Waals surface area contributed by atoms with Gasteiger partial charge in [0.25, 0.3) is 11.4 Å². The molecule has 1 heterocycles. The Morgan fingerprint density at radius 2 is 1.53 bits per heavy atom. The molecule has 2 aromatic rings. The van der Waals surface area contributed by atoms with E-state index in [1.807, 2.05) is 4.90 Å². The normalized spacial score (nSPS) is 13.5. The number of carbonyl (C=O) groups excluding carboxylic acids is 2. The summed E-state index contributed by atoms with van der Waals surface area (Å²) < 4.78 is 4.98. The smallest absolute Gasteiger partial charge is 0.338 e. The van der Waals surface area contributed by atoms with Gasteiger partial charge in [0.1, 0.15) is 5.69 Å². The molecule has 0 amide bonds. The molecule has 0 spiro atoms. The highest BCUT2D eigenvalue weighted by Gasteiger charge is 2.24. The van der Waals surface area contributed by atoms with Gasteiger partial charge in [-0.3, -0.25) is 25.0 Å². The lowest BCUT2D eigenvalue weighted by Gasteiger charge is -2.28. The number of carbonyl (C=O) groups is 2. The first-order valence-electron chi connectivity index (χ1n) is 9.35. The zero-order chi connectivity index (χ0) is 21.7. The lowest BCUT2D eigenvalue weighted by Crippen LogP contribution is -2.30. The number of rotatable bonds is 7. The van der Waals surface area contributed by atoms with E-state index < -0.39 is 28.2 Å². The van der Waals surface area contributed by atoms with E-state index in [0.717, 1.165) is 25.3 Å². The Hall–Kier alpha value is -3.82. The van der Waals surface area contributed by atoms with E-state index in [1.165, 1.54) is 36.4 Å². The highest BCUT2D eigenvalue weighted by molar-refractivity contribution is 5.99. The van der Waals surface area contributed by atoms with E-state index in [9.17, 15) is 29.8 Å². The van der Waals surface area contributed by atoms with Crippen LogP contribution in [0.3, 0.4) is 0 Å². The summed E-state index contributed by atoms with van der Waals surface area (Å²) in [6.07, 6.45) is 2.98. The number of nitro groups is 2. The molecule has 1 aliphatic rings. The minimum Gasteiger partial charge on any atom is -0.454 e. The highest BCUT2D eigenvalue weighted by Crippen LogP contribution is 2.31. The molecule has 156 valence electrons. The second kappa shape index (κ2) is 9.12. The summed E-state index contributed by atoms with van der Waals surface area (Å²) in [5, 5.41) is 22.1. The number of hydrogen-bond acceptors (Lipinski definition) is 8. The molecule has 1 saturated heterocycles. The average Bonchev–Trinajstić information content (AvgIpc) is 2.77. The van der Waals surface area contributed by atoms with Crippen molar-refractivity contribution < 1.29 is 24.2 Å². The summed E-state index contributed by atoms with van der Waals surface area (Å²) >= 11 is 0. The third kappa shape index (κ3) is 4.77. The van der Waals surface area contributed by atoms with E-state index in [0.29, 0.717) is 18.8 Å². The summed E-state index contributed by atoms with van der Waals surface area (Å²) in [6, 6.07) is 9.02. The van der Waals surface area contributed by atoms with Gasteiger partial charge in [-0.15, -0.1) is 0 Å². The second-order valence-corrected chi connectivity index (χ2v) is 6.81. The van der Waals surface area contributed by atoms with Crippen molar-refractivity contribution in [2.75, 3.05) is 24.6 Å². The molecule has 10 heteroatoms. The molecular weight excluding hydrogens is 394 g/mol. The van der Waals surface area contributed by atoms with Gasteiger partial charge in [-0.2, -0.15) is 0 Å². The van der Waals surface area contributed by atoms with Crippen LogP contribution < -0.4 is 4.90 Å². The van der Waals surface area contributed by atoms with Crippen molar-refractivity contribution >= 4 is 28.8 Å². The summed E-state index contributed by atoms with van der Waals surface area (Å²) in [7, 11) is 0. The third-order valence-corrected chi connectivity index (χ3v) is 4.84. The first kappa shape index (κ1) is 20.9. The number of esters is 1. The van der Waals surface area contributed by atoms with Gasteiger partial charge in [0.15, 0.2) is 12.4 Å². The SMILES string of the molecule is O=C(COC(=O)c1ccc(N2CCCCC2)c([N+](=O)[O-])c1)c1ccc([N+](=O)[O-])cc1. The number of non-ortho nitro benzene ring substituents is 1. The van der Waals surface area contributed by atoms with Crippen molar-refractivity contribution in [2.45, 2.75) is 19.3 Å². The summed E-state index contributed by atoms with van der Waals surface area (Å²) in [6.45, 7) is 0.848. The number of piperidine rings is 1. The minimum atomic E-state index is -0.862. The number of hydrogen-bond donors (Lipinski definition) is 0. The van der Waals surface area contributed by atoms with Gasteiger partial charge >= 0.3 is 5.97 Å². The largest absolute Gasteiger partial charge is 0.454 e. The maximum Gasteiger partial charge on any atom is 0.338 e. The molecule has 10 nitrogen and oxygen atoms in total. The maximum atomic E-state index is 12.3. The van der Waals surface area contributed by atoms with E-state index in [2.05, 4.69) is 0 Å². The molecule has 0 aliphatic carbocycles. The molecule has 2 aromatic carbocycles. The van der Waals surface area contributed by atoms with E-state index >= 15 is 0 Å². The number of Topliss-reactive ketones (excluding diaryl/α,β-unsaturated/α-hetero) is 1. The molecule has 0 aromatic heterocycles. The quantitative estimate of drug-likeness (QED) is 0.291. The Bertz CT molecular complexity index is 982. The van der Waals surface area contributed by atoms with Crippen LogP contribution >= 0.6 is 0 Å². The molecule has 0 N–H and O–H groups in total. The van der Waals surface area contributed by atoms with Crippen LogP contribution in [-0.2, 0) is 4.74 Å². The molecular formula is C20H19N3O7. The van der Waals surface area contributed by atoms with Crippen molar-refractivity contribution in [3.05, 3.63) is 73.8 Å². The fourth-order valence-electron chi connectivity index (χ4n) is 3.27. The predicted molar refractivity (Wildman–Crippen MR) is 107 cm³/mol. The Balaban J connectivity index is 1.68. The van der Waals surface area contributed by atoms with Crippen molar-refractivity contribution in [2.24, 2.45) is 0 Å². The third-order valence-electron chi connectivity index (χ3n) is 4.84. The lowest BCUT2D eigenvalue weighted by molar-refractivity contribution is -0.384. The van der Waals surface area contributed by atoms with Crippen LogP contribution in [0.5, 0.6) is 0 Å². The number of ketones is 1. The zero-order valence-electron chi connectivity index (χ0n) is 16.0. The van der Waals surface area contributed by atoms with E-state index in [1.54, 1.807) is 0 Å². The van der Waals surface area contributed by atoms with Crippen molar-refractivity contribution in [1.82, 2.24) is 0 Å². The maximum absolute atomic E-state index is 12.3. The monoisotopic (exact) mass is 413 g/mol. The van der Waals surface area contributed by atoms with Crippen molar-refractivity contribution in [1.29, 1.82) is 0 Å². The van der Waals surface area contributed by atoms with Crippen LogP contribution in [0.2, 0.25) is 0 Å². The number of anilines is 1. The molecule has 30 heavy (non-hydrogen) atoms. The molecule has 1 aliphatic heterocycles. The fourth-order valence-corrected chi connectivity index (χ4v) is 3.27. The standard InChI is InChI=1S/C20H19N3O7/c24-19(14-4-7-16(8-5-14)22(26)27)13-30-20(25)15-6-9-17(18(12-15)23(28)29)21-10-2-1-3-11-21/h4-9,12H,1-3,10-11,13H2. The van der Waals surface area contributed by atoms with E-state index in [-0.39, 0.29) is 22.5 Å². The van der Waals surface area contributed by atoms with Crippen molar-refractivity contribution in [3.63, 3.8) is 0 Å². The summed E-state index contributed by atoms with van der Waals surface area (Å²) in [5.41, 5.74) is 0.231. The Morgan fingerprint density at radius 1 is 0.900 bits per heavy atom. The van der Waals surface area contributed by atoms with Crippen LogP contribution in [0, 0.1) is 20.2 Å². The number of ether oxygens (including phenoxy) is 1. The first-order valence-corrected chi connectivity index (χ1v) is 9.35. The molecule has 0 bridgehead atoms. The molecule has 0 unspecified atom stereocenters. The van der Waals surface area contributed by atoms with Crippen LogP contribution in [0.1, 0.15) is 40.0 Å². The van der Waals surface area contributed by atoms with Crippen molar-refractivity contribution in [3.8, 4) is 0 Å². The van der Waals surface area contributed by atoms with Gasteiger partial charge in [-0.05, 0) is 43.5 Å². The van der Waals surface area contributed by atoms with Crippen LogP contribution in [-0.4, -0.2) is 41.3 Å². The van der Waals surface area contributed by atoms with Crippen LogP contribution in [0.25, 0.3) is 0 Å². The van der Waals surface area contributed by atoms with Gasteiger partial charge in [-0.25, -0.2) is 4.79 Å². The van der Waals surface area contributed by atoms with Gasteiger partial charge in [-0.1, -0.05) is 0 Å². The first-order chi connectivity index (χ1) is 14.4. The molecule has 0 atom stereocenters. The summed E-state index contributed by atoms with van der Waals surface area (Å²) in [4.78, 5) is 47.4. The Morgan fingerprint density at radius 3 is 2.13 bits per heavy atom. The van der Waals surface area contributed by atoms with E-state index in [4.69, 9.17) is 4.74 Å². The molecule has 0 saturated carbocycles. The molecule has 1 fully saturated rings. The fraction of sp³-hybridized carbons (Fsp3) is 0.300. The van der Waals surface area contributed by atoms with Gasteiger partial charge in [0, 0.05) is 36.9 Å². The van der Waals surface area contributed by atoms with Gasteiger partial charge < -0.3 is 9.64 Å². The van der Waals surface area contributed by atoms with Crippen LogP contribution in [0.15, 0.2) is 42.5 Å². The lowest BCUT2D eigenvalue weighted by atomic mass is 10.1.